The van der Waals surface area contributed by atoms with Crippen molar-refractivity contribution in [1.29, 1.82) is 0 Å². The molecule has 4 heteroatoms. The first-order valence-corrected chi connectivity index (χ1v) is 23.3. The van der Waals surface area contributed by atoms with Crippen LogP contribution in [0.2, 0.25) is 0 Å². The van der Waals surface area contributed by atoms with E-state index in [4.69, 9.17) is 0 Å². The van der Waals surface area contributed by atoms with E-state index in [1.165, 1.54) is 113 Å². The number of aryl methyl sites for hydroxylation is 2. The Morgan fingerprint density at radius 1 is 0.273 bits per heavy atom. The number of hydrogen-bond donors (Lipinski definition) is 0. The molecule has 0 bridgehead atoms. The van der Waals surface area contributed by atoms with Gasteiger partial charge in [0.2, 0.25) is 0 Å². The molecule has 9 aromatic carbocycles. The minimum Gasteiger partial charge on any atom is -0.306 e. The first-order chi connectivity index (χ1) is 32.1. The van der Waals surface area contributed by atoms with E-state index < -0.39 is 0 Å². The average Bonchev–Trinajstić information content (AvgIpc) is 3.71. The average molecular weight is 851 g/mol. The zero-order valence-corrected chi connectivity index (χ0v) is 38.3. The predicted molar refractivity (Wildman–Crippen MR) is 277 cm³/mol. The van der Waals surface area contributed by atoms with Gasteiger partial charge in [-0.3, -0.25) is 0 Å². The number of fused-ring (bicyclic) bond motifs is 10. The number of para-hydroxylation sites is 10. The van der Waals surface area contributed by atoms with Crippen molar-refractivity contribution >= 4 is 68.2 Å². The molecule has 0 aromatic heterocycles. The highest BCUT2D eigenvalue weighted by molar-refractivity contribution is 6.04. The molecular weight excluding hydrogens is 801 g/mol. The highest BCUT2D eigenvalue weighted by Gasteiger charge is 2.44. The van der Waals surface area contributed by atoms with Gasteiger partial charge in [-0.25, -0.2) is 0 Å². The van der Waals surface area contributed by atoms with Crippen LogP contribution in [0.3, 0.4) is 0 Å². The third-order valence-corrected chi connectivity index (χ3v) is 15.0. The van der Waals surface area contributed by atoms with E-state index >= 15 is 0 Å². The Hall–Kier alpha value is -7.82. The second-order valence-electron chi connectivity index (χ2n) is 19.5. The van der Waals surface area contributed by atoms with Gasteiger partial charge in [-0.1, -0.05) is 113 Å². The van der Waals surface area contributed by atoms with Crippen LogP contribution in [-0.4, -0.2) is 0 Å². The Labute approximate surface area is 388 Å². The predicted octanol–water partition coefficient (Wildman–Crippen LogP) is 17.4. The Bertz CT molecular complexity index is 3150. The first-order valence-electron chi connectivity index (χ1n) is 23.3. The molecule has 0 unspecified atom stereocenters. The third-order valence-electron chi connectivity index (χ3n) is 15.0. The molecule has 0 saturated carbocycles. The van der Waals surface area contributed by atoms with Crippen LogP contribution in [-0.2, 0) is 10.8 Å². The van der Waals surface area contributed by atoms with Gasteiger partial charge in [-0.05, 0) is 179 Å². The van der Waals surface area contributed by atoms with Gasteiger partial charge >= 0.3 is 0 Å². The maximum Gasteiger partial charge on any atom is 0.0703 e. The second kappa shape index (κ2) is 13.8. The van der Waals surface area contributed by atoms with Crippen LogP contribution in [0.25, 0.3) is 22.3 Å². The van der Waals surface area contributed by atoms with Gasteiger partial charge in [0, 0.05) is 33.6 Å². The van der Waals surface area contributed by atoms with E-state index in [0.29, 0.717) is 0 Å². The quantitative estimate of drug-likeness (QED) is 0.175. The molecular formula is C62H50N4. The highest BCUT2D eigenvalue weighted by atomic mass is 15.3. The molecule has 318 valence electrons. The van der Waals surface area contributed by atoms with Gasteiger partial charge in [0.25, 0.3) is 0 Å². The number of anilines is 12. The molecule has 2 aliphatic carbocycles. The molecule has 0 radical (unpaired) electrons. The Morgan fingerprint density at radius 2 is 0.530 bits per heavy atom. The second-order valence-corrected chi connectivity index (χ2v) is 19.5. The summed E-state index contributed by atoms with van der Waals surface area (Å²) < 4.78 is 0. The highest BCUT2D eigenvalue weighted by Crippen LogP contribution is 2.61. The lowest BCUT2D eigenvalue weighted by molar-refractivity contribution is 0.652. The van der Waals surface area contributed by atoms with Crippen LogP contribution in [0, 0.1) is 13.8 Å². The van der Waals surface area contributed by atoms with Gasteiger partial charge in [-0.15, -0.1) is 0 Å². The summed E-state index contributed by atoms with van der Waals surface area (Å²) in [5, 5.41) is 0. The number of nitrogens with zero attached hydrogens (tertiary/aromatic N) is 4. The fourth-order valence-electron chi connectivity index (χ4n) is 12.0. The van der Waals surface area contributed by atoms with Crippen molar-refractivity contribution in [1.82, 2.24) is 0 Å². The molecule has 0 saturated heterocycles. The standard InChI is InChI=1S/C62H50N4/c1-39-33-43(65-55-29-17-13-25-51(55)63(41-21-9-7-10-22-41)52-26-14-18-30-56(52)65)35-49-59(39)45-37-48-46(38-47(45)61(49,3)4)60-40(2)34-44(36-50(60)62(48,5)6)66-57-31-19-15-27-53(57)64(42-23-11-8-12-24-42)54-28-16-20-32-58(54)66/h7-38H,1-6H3. The summed E-state index contributed by atoms with van der Waals surface area (Å²) in [7, 11) is 0. The molecule has 0 amide bonds. The van der Waals surface area contributed by atoms with Crippen molar-refractivity contribution in [3.8, 4) is 22.3 Å². The molecule has 0 fully saturated rings. The van der Waals surface area contributed by atoms with Crippen molar-refractivity contribution in [2.75, 3.05) is 19.6 Å². The first kappa shape index (κ1) is 38.6. The maximum absolute atomic E-state index is 2.57. The molecule has 0 spiro atoms. The van der Waals surface area contributed by atoms with Crippen LogP contribution in [0.5, 0.6) is 0 Å². The molecule has 4 aliphatic rings. The fraction of sp³-hybridized carbons (Fsp3) is 0.129. The molecule has 66 heavy (non-hydrogen) atoms. The molecule has 2 heterocycles. The summed E-state index contributed by atoms with van der Waals surface area (Å²) in [6, 6.07) is 71.8. The summed E-state index contributed by atoms with van der Waals surface area (Å²) in [6.45, 7) is 14.4. The van der Waals surface area contributed by atoms with Gasteiger partial charge < -0.3 is 19.6 Å². The van der Waals surface area contributed by atoms with Gasteiger partial charge in [0.15, 0.2) is 0 Å². The molecule has 9 aromatic rings. The monoisotopic (exact) mass is 850 g/mol. The van der Waals surface area contributed by atoms with Gasteiger partial charge in [0.1, 0.15) is 0 Å². The largest absolute Gasteiger partial charge is 0.306 e. The summed E-state index contributed by atoms with van der Waals surface area (Å²) in [5.74, 6) is 0. The lowest BCUT2D eigenvalue weighted by Gasteiger charge is -2.40. The van der Waals surface area contributed by atoms with Crippen LogP contribution in [0.4, 0.5) is 68.2 Å². The van der Waals surface area contributed by atoms with Crippen LogP contribution < -0.4 is 19.6 Å². The topological polar surface area (TPSA) is 13.0 Å². The molecule has 0 atom stereocenters. The number of hydrogen-bond acceptors (Lipinski definition) is 4. The summed E-state index contributed by atoms with van der Waals surface area (Å²) in [4.78, 5) is 9.76. The van der Waals surface area contributed by atoms with Crippen molar-refractivity contribution in [2.45, 2.75) is 52.4 Å². The molecule has 2 aliphatic heterocycles. The zero-order chi connectivity index (χ0) is 44.6. The Balaban J connectivity index is 0.927. The van der Waals surface area contributed by atoms with Crippen LogP contribution in [0.1, 0.15) is 61.1 Å². The van der Waals surface area contributed by atoms with E-state index in [1.54, 1.807) is 0 Å². The molecule has 0 N–H and O–H groups in total. The zero-order valence-electron chi connectivity index (χ0n) is 38.3. The van der Waals surface area contributed by atoms with E-state index in [2.05, 4.69) is 255 Å². The summed E-state index contributed by atoms with van der Waals surface area (Å²) >= 11 is 0. The van der Waals surface area contributed by atoms with E-state index in [1.807, 2.05) is 0 Å². The third kappa shape index (κ3) is 5.27. The lowest BCUT2D eigenvalue weighted by atomic mass is 9.79. The van der Waals surface area contributed by atoms with Gasteiger partial charge in [0.05, 0.1) is 45.5 Å². The van der Waals surface area contributed by atoms with Gasteiger partial charge in [-0.2, -0.15) is 0 Å². The minimum absolute atomic E-state index is 0.224. The minimum atomic E-state index is -0.224. The summed E-state index contributed by atoms with van der Waals surface area (Å²) in [5.41, 5.74) is 27.2. The Morgan fingerprint density at radius 3 is 0.818 bits per heavy atom. The van der Waals surface area contributed by atoms with Crippen molar-refractivity contribution in [3.63, 3.8) is 0 Å². The van der Waals surface area contributed by atoms with Crippen molar-refractivity contribution < 1.29 is 0 Å². The SMILES string of the molecule is Cc1cc(N2c3ccccc3N(c3ccccc3)c3ccccc32)cc2c1-c1cc3c(cc1C2(C)C)-c1c(C)cc(N2c4ccccc4N(c4ccccc4)c4ccccc42)cc1C3(C)C. The summed E-state index contributed by atoms with van der Waals surface area (Å²) in [6.07, 6.45) is 0. The van der Waals surface area contributed by atoms with Crippen LogP contribution >= 0.6 is 0 Å². The van der Waals surface area contributed by atoms with Crippen molar-refractivity contribution in [2.24, 2.45) is 0 Å². The lowest BCUT2D eigenvalue weighted by Crippen LogP contribution is -2.24. The number of benzene rings is 9. The Kier molecular flexibility index (Phi) is 8.10. The number of rotatable bonds is 4. The van der Waals surface area contributed by atoms with Crippen LogP contribution in [0.15, 0.2) is 194 Å². The maximum atomic E-state index is 2.57. The van der Waals surface area contributed by atoms with E-state index in [-0.39, 0.29) is 10.8 Å². The smallest absolute Gasteiger partial charge is 0.0703 e. The van der Waals surface area contributed by atoms with E-state index in [9.17, 15) is 0 Å². The fourth-order valence-corrected chi connectivity index (χ4v) is 12.0. The van der Waals surface area contributed by atoms with E-state index in [0.717, 1.165) is 11.4 Å². The molecule has 4 nitrogen and oxygen atoms in total. The normalized spacial score (nSPS) is 15.2. The molecule has 13 rings (SSSR count). The van der Waals surface area contributed by atoms with Crippen molar-refractivity contribution in [3.05, 3.63) is 228 Å².